The molecule has 2 N–H and O–H groups in total. The molecule has 5 nitrogen and oxygen atoms in total. The number of anilines is 1. The van der Waals surface area contributed by atoms with Crippen LogP contribution < -0.4 is 15.5 Å². The number of benzene rings is 2. The van der Waals surface area contributed by atoms with Crippen LogP contribution in [-0.2, 0) is 0 Å². The lowest BCUT2D eigenvalue weighted by atomic mass is 10.0. The molecule has 1 heterocycles. The number of carbonyl (C=O) groups is 2. The minimum Gasteiger partial charge on any atom is -0.371 e. The molecule has 0 bridgehead atoms. The maximum Gasteiger partial charge on any atom is 0.253 e. The molecule has 1 aliphatic carbocycles. The molecule has 0 unspecified atom stereocenters. The Hall–Kier alpha value is -2.82. The third kappa shape index (κ3) is 4.78. The Labute approximate surface area is 172 Å². The number of hydrogen-bond donors (Lipinski definition) is 2. The Bertz CT molecular complexity index is 883. The van der Waals surface area contributed by atoms with Crippen LogP contribution in [0.5, 0.6) is 0 Å². The molecule has 0 spiro atoms. The van der Waals surface area contributed by atoms with Gasteiger partial charge in [-0.2, -0.15) is 0 Å². The predicted molar refractivity (Wildman–Crippen MR) is 115 cm³/mol. The molecular weight excluding hydrogens is 362 g/mol. The highest BCUT2D eigenvalue weighted by molar-refractivity contribution is 6.00. The van der Waals surface area contributed by atoms with Crippen molar-refractivity contribution in [3.63, 3.8) is 0 Å². The van der Waals surface area contributed by atoms with Gasteiger partial charge in [0.2, 0.25) is 0 Å². The largest absolute Gasteiger partial charge is 0.371 e. The Kier molecular flexibility index (Phi) is 5.84. The zero-order valence-electron chi connectivity index (χ0n) is 17.0. The normalized spacial score (nSPS) is 17.1. The van der Waals surface area contributed by atoms with Gasteiger partial charge in [-0.25, -0.2) is 0 Å². The van der Waals surface area contributed by atoms with E-state index >= 15 is 0 Å². The van der Waals surface area contributed by atoms with E-state index in [2.05, 4.69) is 15.5 Å². The Morgan fingerprint density at radius 1 is 0.897 bits per heavy atom. The molecule has 5 heteroatoms. The van der Waals surface area contributed by atoms with E-state index in [1.54, 1.807) is 0 Å². The van der Waals surface area contributed by atoms with Crippen molar-refractivity contribution in [2.75, 3.05) is 24.5 Å². The van der Waals surface area contributed by atoms with Gasteiger partial charge in [0.15, 0.2) is 0 Å². The average Bonchev–Trinajstić information content (AvgIpc) is 3.57. The number of nitrogens with zero attached hydrogens (tertiary/aromatic N) is 1. The summed E-state index contributed by atoms with van der Waals surface area (Å²) >= 11 is 0. The van der Waals surface area contributed by atoms with Crippen molar-refractivity contribution >= 4 is 17.5 Å². The molecule has 29 heavy (non-hydrogen) atoms. The summed E-state index contributed by atoms with van der Waals surface area (Å²) in [5, 5.41) is 6.26. The molecule has 2 amide bonds. The van der Waals surface area contributed by atoms with E-state index in [1.165, 1.54) is 12.8 Å². The van der Waals surface area contributed by atoms with Crippen LogP contribution >= 0.6 is 0 Å². The lowest BCUT2D eigenvalue weighted by Crippen LogP contribution is -2.45. The quantitative estimate of drug-likeness (QED) is 0.792. The summed E-state index contributed by atoms with van der Waals surface area (Å²) in [5.74, 6) is 0.683. The van der Waals surface area contributed by atoms with Gasteiger partial charge >= 0.3 is 0 Å². The fourth-order valence-corrected chi connectivity index (χ4v) is 3.95. The number of hydrogen-bond acceptors (Lipinski definition) is 3. The number of amides is 2. The summed E-state index contributed by atoms with van der Waals surface area (Å²) in [6.07, 6.45) is 4.19. The van der Waals surface area contributed by atoms with Crippen LogP contribution in [0.1, 0.15) is 52.0 Å². The fraction of sp³-hybridized carbons (Fsp3) is 0.417. The molecular formula is C24H29N3O2. The fourth-order valence-electron chi connectivity index (χ4n) is 3.95. The number of aryl methyl sites for hydroxylation is 1. The van der Waals surface area contributed by atoms with Gasteiger partial charge in [-0.15, -0.1) is 0 Å². The van der Waals surface area contributed by atoms with Gasteiger partial charge in [-0.1, -0.05) is 30.3 Å². The van der Waals surface area contributed by atoms with Crippen molar-refractivity contribution in [2.24, 2.45) is 5.92 Å². The van der Waals surface area contributed by atoms with Gasteiger partial charge in [0.1, 0.15) is 0 Å². The summed E-state index contributed by atoms with van der Waals surface area (Å²) in [4.78, 5) is 27.5. The minimum atomic E-state index is 0.00130. The van der Waals surface area contributed by atoms with Crippen LogP contribution in [0.3, 0.4) is 0 Å². The second kappa shape index (κ2) is 8.68. The highest BCUT2D eigenvalue weighted by Crippen LogP contribution is 2.28. The van der Waals surface area contributed by atoms with Crippen LogP contribution in [-0.4, -0.2) is 37.5 Å². The maximum absolute atomic E-state index is 12.6. The van der Waals surface area contributed by atoms with E-state index < -0.39 is 0 Å². The van der Waals surface area contributed by atoms with Crippen molar-refractivity contribution < 1.29 is 9.59 Å². The molecule has 0 aromatic heterocycles. The summed E-state index contributed by atoms with van der Waals surface area (Å²) in [7, 11) is 0. The lowest BCUT2D eigenvalue weighted by molar-refractivity contribution is 0.0929. The van der Waals surface area contributed by atoms with Crippen molar-refractivity contribution in [3.8, 4) is 0 Å². The summed E-state index contributed by atoms with van der Waals surface area (Å²) in [6, 6.07) is 15.7. The molecule has 1 saturated carbocycles. The van der Waals surface area contributed by atoms with Gasteiger partial charge in [0.05, 0.1) is 5.56 Å². The zero-order chi connectivity index (χ0) is 20.2. The molecule has 152 valence electrons. The molecule has 2 aromatic rings. The third-order valence-corrected chi connectivity index (χ3v) is 5.96. The van der Waals surface area contributed by atoms with Gasteiger partial charge in [-0.05, 0) is 62.3 Å². The second-order valence-electron chi connectivity index (χ2n) is 8.22. The van der Waals surface area contributed by atoms with Crippen molar-refractivity contribution in [2.45, 2.75) is 38.6 Å². The van der Waals surface area contributed by atoms with Gasteiger partial charge in [-0.3, -0.25) is 9.59 Å². The average molecular weight is 392 g/mol. The molecule has 0 atom stereocenters. The Balaban J connectivity index is 1.35. The van der Waals surface area contributed by atoms with E-state index in [1.807, 2.05) is 55.5 Å². The number of nitrogens with one attached hydrogen (secondary N) is 2. The molecule has 1 aliphatic heterocycles. The number of piperidine rings is 1. The topological polar surface area (TPSA) is 61.4 Å². The molecule has 4 rings (SSSR count). The first-order valence-corrected chi connectivity index (χ1v) is 10.6. The maximum atomic E-state index is 12.6. The van der Waals surface area contributed by atoms with Gasteiger partial charge < -0.3 is 15.5 Å². The molecule has 1 saturated heterocycles. The summed E-state index contributed by atoms with van der Waals surface area (Å²) in [5.41, 5.74) is 3.47. The van der Waals surface area contributed by atoms with Crippen LogP contribution in [0, 0.1) is 12.8 Å². The van der Waals surface area contributed by atoms with Gasteiger partial charge in [0, 0.05) is 36.9 Å². The van der Waals surface area contributed by atoms with Crippen LogP contribution in [0.25, 0.3) is 0 Å². The van der Waals surface area contributed by atoms with Crippen molar-refractivity contribution in [3.05, 3.63) is 65.2 Å². The molecule has 2 aliphatic rings. The van der Waals surface area contributed by atoms with E-state index in [9.17, 15) is 9.59 Å². The zero-order valence-corrected chi connectivity index (χ0v) is 17.0. The lowest BCUT2D eigenvalue weighted by Gasteiger charge is -2.35. The number of para-hydroxylation sites is 1. The van der Waals surface area contributed by atoms with Crippen LogP contribution in [0.4, 0.5) is 5.69 Å². The van der Waals surface area contributed by atoms with E-state index in [4.69, 9.17) is 0 Å². The van der Waals surface area contributed by atoms with E-state index in [0.29, 0.717) is 5.92 Å². The van der Waals surface area contributed by atoms with Crippen molar-refractivity contribution in [1.29, 1.82) is 0 Å². The summed E-state index contributed by atoms with van der Waals surface area (Å²) < 4.78 is 0. The Morgan fingerprint density at radius 2 is 1.55 bits per heavy atom. The summed E-state index contributed by atoms with van der Waals surface area (Å²) in [6.45, 7) is 4.39. The predicted octanol–water partition coefficient (Wildman–Crippen LogP) is 3.53. The second-order valence-corrected chi connectivity index (χ2v) is 8.22. The van der Waals surface area contributed by atoms with E-state index in [-0.39, 0.29) is 17.9 Å². The SMILES string of the molecule is Cc1ccccc1C(=O)NC1CCN(c2ccccc2C(=O)NCC2CC2)CC1. The third-order valence-electron chi connectivity index (χ3n) is 5.96. The van der Waals surface area contributed by atoms with Crippen LogP contribution in [0.2, 0.25) is 0 Å². The first kappa shape index (κ1) is 19.5. The molecule has 0 radical (unpaired) electrons. The Morgan fingerprint density at radius 3 is 2.24 bits per heavy atom. The highest BCUT2D eigenvalue weighted by Gasteiger charge is 2.26. The smallest absolute Gasteiger partial charge is 0.253 e. The van der Waals surface area contributed by atoms with Crippen LogP contribution in [0.15, 0.2) is 48.5 Å². The van der Waals surface area contributed by atoms with Gasteiger partial charge in [0.25, 0.3) is 11.8 Å². The highest BCUT2D eigenvalue weighted by atomic mass is 16.2. The minimum absolute atomic E-state index is 0.00130. The first-order valence-electron chi connectivity index (χ1n) is 10.6. The van der Waals surface area contributed by atoms with Crippen molar-refractivity contribution in [1.82, 2.24) is 10.6 Å². The monoisotopic (exact) mass is 391 g/mol. The van der Waals surface area contributed by atoms with E-state index in [0.717, 1.165) is 54.9 Å². The molecule has 2 aromatic carbocycles. The number of rotatable bonds is 6. The standard InChI is InChI=1S/C24H29N3O2/c1-17-6-2-3-7-20(17)24(29)26-19-12-14-27(15-13-19)22-9-5-4-8-21(22)23(28)25-16-18-10-11-18/h2-9,18-19H,10-16H2,1H3,(H,25,28)(H,26,29). The number of carbonyl (C=O) groups excluding carboxylic acids is 2. The molecule has 2 fully saturated rings. The first-order chi connectivity index (χ1) is 14.1.